The summed E-state index contributed by atoms with van der Waals surface area (Å²) in [5.74, 6) is -0.505. The maximum atomic E-state index is 12.6. The summed E-state index contributed by atoms with van der Waals surface area (Å²) in [6, 6.07) is 13.0. The zero-order chi connectivity index (χ0) is 19.1. The van der Waals surface area contributed by atoms with Crippen LogP contribution in [0.25, 0.3) is 5.57 Å². The van der Waals surface area contributed by atoms with Crippen LogP contribution in [0.4, 0.5) is 10.8 Å². The van der Waals surface area contributed by atoms with E-state index in [1.165, 1.54) is 11.3 Å². The first-order chi connectivity index (χ1) is 13.0. The molecule has 0 unspecified atom stereocenters. The minimum atomic E-state index is -0.342. The number of nitrogens with zero attached hydrogens (tertiary/aromatic N) is 3. The number of hydrogen-bond donors (Lipinski definition) is 1. The largest absolute Gasteiger partial charge is 0.492 e. The number of aromatic nitrogens is 1. The molecule has 2 heterocycles. The summed E-state index contributed by atoms with van der Waals surface area (Å²) in [5.41, 5.74) is 2.30. The Bertz CT molecular complexity index is 1170. The fraction of sp³-hybridized carbons (Fsp3) is 0.150. The lowest BCUT2D eigenvalue weighted by Gasteiger charge is -2.15. The first-order valence-electron chi connectivity index (χ1n) is 8.44. The number of aromatic hydroxyl groups is 1. The van der Waals surface area contributed by atoms with Crippen molar-refractivity contribution in [2.45, 2.75) is 13.3 Å². The summed E-state index contributed by atoms with van der Waals surface area (Å²) in [5, 5.41) is 13.1. The molecule has 2 aromatic carbocycles. The first kappa shape index (κ1) is 17.7. The van der Waals surface area contributed by atoms with Crippen molar-refractivity contribution in [2.24, 2.45) is 4.99 Å². The molecule has 0 atom stereocenters. The fourth-order valence-electron chi connectivity index (χ4n) is 3.09. The van der Waals surface area contributed by atoms with E-state index in [9.17, 15) is 9.90 Å². The van der Waals surface area contributed by atoms with Gasteiger partial charge < -0.3 is 10.0 Å². The van der Waals surface area contributed by atoms with Gasteiger partial charge in [0, 0.05) is 23.0 Å². The third kappa shape index (κ3) is 3.01. The van der Waals surface area contributed by atoms with E-state index in [1.807, 2.05) is 49.2 Å². The van der Waals surface area contributed by atoms with Gasteiger partial charge >= 0.3 is 0 Å². The van der Waals surface area contributed by atoms with E-state index in [0.29, 0.717) is 26.0 Å². The predicted molar refractivity (Wildman–Crippen MR) is 107 cm³/mol. The van der Waals surface area contributed by atoms with Crippen molar-refractivity contribution in [1.29, 1.82) is 0 Å². The molecular formula is C20H16ClN3O2S. The van der Waals surface area contributed by atoms with Crippen molar-refractivity contribution in [3.05, 3.63) is 68.5 Å². The van der Waals surface area contributed by atoms with Crippen molar-refractivity contribution < 1.29 is 9.90 Å². The van der Waals surface area contributed by atoms with Gasteiger partial charge in [-0.2, -0.15) is 4.98 Å². The minimum absolute atomic E-state index is 0.163. The Balaban J connectivity index is 1.83. The van der Waals surface area contributed by atoms with E-state index in [1.54, 1.807) is 12.1 Å². The number of carbonyl (C=O) groups excluding carboxylic acids is 1. The van der Waals surface area contributed by atoms with Gasteiger partial charge in [0.05, 0.1) is 10.9 Å². The average molecular weight is 398 g/mol. The van der Waals surface area contributed by atoms with Gasteiger partial charge in [-0.3, -0.25) is 4.79 Å². The highest BCUT2D eigenvalue weighted by atomic mass is 35.5. The van der Waals surface area contributed by atoms with Crippen LogP contribution in [-0.2, 0) is 11.2 Å². The van der Waals surface area contributed by atoms with Gasteiger partial charge in [-0.05, 0) is 36.2 Å². The summed E-state index contributed by atoms with van der Waals surface area (Å²) in [6.45, 7) is 2.02. The molecule has 5 nitrogen and oxygen atoms in total. The standard InChI is InChI=1S/C20H16ClN3O2S/c1-3-11-5-4-6-14-15(18(25)22-16(11)14)17-19(26)23-20(27-17)24(2)13-9-7-12(21)8-10-13/h4-10,26H,3H2,1-2H3. The van der Waals surface area contributed by atoms with Crippen LogP contribution in [0, 0.1) is 0 Å². The van der Waals surface area contributed by atoms with Gasteiger partial charge in [0.2, 0.25) is 5.88 Å². The number of rotatable bonds is 4. The summed E-state index contributed by atoms with van der Waals surface area (Å²) >= 11 is 7.20. The maximum Gasteiger partial charge on any atom is 0.279 e. The lowest BCUT2D eigenvalue weighted by Crippen LogP contribution is -2.26. The summed E-state index contributed by atoms with van der Waals surface area (Å²) in [7, 11) is 1.85. The average Bonchev–Trinajstić information content (AvgIpc) is 3.20. The third-order valence-electron chi connectivity index (χ3n) is 4.52. The van der Waals surface area contributed by atoms with E-state index in [0.717, 1.165) is 22.9 Å². The van der Waals surface area contributed by atoms with Gasteiger partial charge in [-0.25, -0.2) is 4.99 Å². The van der Waals surface area contributed by atoms with E-state index in [4.69, 9.17) is 11.6 Å². The Morgan fingerprint density at radius 3 is 2.63 bits per heavy atom. The quantitative estimate of drug-likeness (QED) is 0.734. The maximum absolute atomic E-state index is 12.6. The molecule has 0 aliphatic carbocycles. The van der Waals surface area contributed by atoms with Crippen LogP contribution in [0.2, 0.25) is 5.02 Å². The van der Waals surface area contributed by atoms with E-state index in [-0.39, 0.29) is 11.8 Å². The Morgan fingerprint density at radius 1 is 1.19 bits per heavy atom. The van der Waals surface area contributed by atoms with Crippen molar-refractivity contribution in [2.75, 3.05) is 11.9 Å². The summed E-state index contributed by atoms with van der Waals surface area (Å²) in [6.07, 6.45) is 0.784. The van der Waals surface area contributed by atoms with Crippen molar-refractivity contribution in [1.82, 2.24) is 4.98 Å². The smallest absolute Gasteiger partial charge is 0.279 e. The summed E-state index contributed by atoms with van der Waals surface area (Å²) < 4.78 is 0. The molecular weight excluding hydrogens is 382 g/mol. The molecule has 1 amide bonds. The second-order valence-electron chi connectivity index (χ2n) is 6.14. The number of thiazole rings is 1. The fourth-order valence-corrected chi connectivity index (χ4v) is 4.20. The van der Waals surface area contributed by atoms with E-state index < -0.39 is 0 Å². The zero-order valence-corrected chi connectivity index (χ0v) is 16.3. The number of aryl methyl sites for hydroxylation is 1. The molecule has 7 heteroatoms. The predicted octanol–water partition coefficient (Wildman–Crippen LogP) is 3.19. The van der Waals surface area contributed by atoms with Crippen LogP contribution in [0.1, 0.15) is 17.4 Å². The van der Waals surface area contributed by atoms with Crippen LogP contribution in [0.5, 0.6) is 5.88 Å². The number of amides is 1. The number of fused-ring (bicyclic) bond motifs is 1. The zero-order valence-electron chi connectivity index (χ0n) is 14.7. The van der Waals surface area contributed by atoms with Crippen molar-refractivity contribution in [3.8, 4) is 5.88 Å². The number of carbonyl (C=O) groups is 1. The molecule has 0 fully saturated rings. The topological polar surface area (TPSA) is 65.8 Å². The molecule has 27 heavy (non-hydrogen) atoms. The highest BCUT2D eigenvalue weighted by Crippen LogP contribution is 2.37. The molecule has 1 aromatic heterocycles. The molecule has 0 radical (unpaired) electrons. The number of hydrogen-bond acceptors (Lipinski definition) is 5. The number of anilines is 2. The van der Waals surface area contributed by atoms with E-state index in [2.05, 4.69) is 9.98 Å². The highest BCUT2D eigenvalue weighted by Gasteiger charge is 2.26. The SMILES string of the molecule is CCc1cccc2c1=NC(=O)C=2c1sc(N(C)c2ccc(Cl)cc2)nc1O. The molecule has 1 aliphatic rings. The van der Waals surface area contributed by atoms with Gasteiger partial charge in [-0.1, -0.05) is 48.1 Å². The first-order valence-corrected chi connectivity index (χ1v) is 9.63. The molecule has 3 aromatic rings. The number of halogens is 1. The normalized spacial score (nSPS) is 12.9. The minimum Gasteiger partial charge on any atom is -0.492 e. The van der Waals surface area contributed by atoms with Crippen molar-refractivity contribution >= 4 is 45.2 Å². The molecule has 0 saturated heterocycles. The Labute approximate surface area is 164 Å². The van der Waals surface area contributed by atoms with Crippen LogP contribution < -0.4 is 15.5 Å². The van der Waals surface area contributed by atoms with Gasteiger partial charge in [0.1, 0.15) is 4.88 Å². The molecule has 0 bridgehead atoms. The number of para-hydroxylation sites is 1. The van der Waals surface area contributed by atoms with Crippen molar-refractivity contribution in [3.63, 3.8) is 0 Å². The van der Waals surface area contributed by atoms with E-state index >= 15 is 0 Å². The van der Waals surface area contributed by atoms with Gasteiger partial charge in [-0.15, -0.1) is 0 Å². The third-order valence-corrected chi connectivity index (χ3v) is 5.91. The van der Waals surface area contributed by atoms with Crippen LogP contribution in [-0.4, -0.2) is 23.0 Å². The lowest BCUT2D eigenvalue weighted by molar-refractivity contribution is -0.112. The second-order valence-corrected chi connectivity index (χ2v) is 7.56. The molecule has 0 spiro atoms. The summed E-state index contributed by atoms with van der Waals surface area (Å²) in [4.78, 5) is 23.3. The Kier molecular flexibility index (Phi) is 4.45. The Hall–Kier alpha value is -2.70. The van der Waals surface area contributed by atoms with Crippen LogP contribution >= 0.6 is 22.9 Å². The lowest BCUT2D eigenvalue weighted by atomic mass is 10.1. The highest BCUT2D eigenvalue weighted by molar-refractivity contribution is 7.17. The van der Waals surface area contributed by atoms with Gasteiger partial charge in [0.25, 0.3) is 5.91 Å². The monoisotopic (exact) mass is 397 g/mol. The molecule has 1 N–H and O–H groups in total. The number of benzene rings is 2. The molecule has 136 valence electrons. The van der Waals surface area contributed by atoms with Gasteiger partial charge in [0.15, 0.2) is 5.13 Å². The molecule has 4 rings (SSSR count). The second kappa shape index (κ2) is 6.79. The van der Waals surface area contributed by atoms with Crippen LogP contribution in [0.15, 0.2) is 47.5 Å². The molecule has 0 saturated carbocycles. The molecule has 1 aliphatic heterocycles. The van der Waals surface area contributed by atoms with Crippen LogP contribution in [0.3, 0.4) is 0 Å². The Morgan fingerprint density at radius 2 is 1.93 bits per heavy atom.